The Labute approximate surface area is 232 Å². The van der Waals surface area contributed by atoms with E-state index in [4.69, 9.17) is 4.74 Å². The summed E-state index contributed by atoms with van der Waals surface area (Å²) in [4.78, 5) is 38.6. The van der Waals surface area contributed by atoms with E-state index in [1.807, 2.05) is 13.8 Å². The van der Waals surface area contributed by atoms with Gasteiger partial charge >= 0.3 is 5.97 Å². The Balaban J connectivity index is 1.53. The molecule has 3 N–H and O–H groups in total. The molecule has 4 saturated carbocycles. The number of ketones is 2. The Morgan fingerprint density at radius 2 is 1.87 bits per heavy atom. The Kier molecular flexibility index (Phi) is 6.68. The number of hydrogen-bond acceptors (Lipinski definition) is 7. The second kappa shape index (κ2) is 9.09. The van der Waals surface area contributed by atoms with Crippen LogP contribution < -0.4 is 0 Å². The highest BCUT2D eigenvalue weighted by atomic mass is 16.5. The van der Waals surface area contributed by atoms with Gasteiger partial charge in [0.1, 0.15) is 12.2 Å². The molecule has 0 aromatic heterocycles. The number of allylic oxidation sites excluding steroid dienone is 2. The van der Waals surface area contributed by atoms with Crippen molar-refractivity contribution in [3.8, 4) is 0 Å². The minimum atomic E-state index is -1.40. The summed E-state index contributed by atoms with van der Waals surface area (Å²) >= 11 is 0. The lowest BCUT2D eigenvalue weighted by atomic mass is 9.43. The summed E-state index contributed by atoms with van der Waals surface area (Å²) in [6.45, 7) is 15.1. The molecular weight excluding hydrogens is 496 g/mol. The third-order valence-electron chi connectivity index (χ3n) is 12.9. The summed E-state index contributed by atoms with van der Waals surface area (Å²) in [5.41, 5.74) is -0.598. The van der Waals surface area contributed by atoms with Gasteiger partial charge in [0.2, 0.25) is 0 Å². The zero-order chi connectivity index (χ0) is 28.9. The molecule has 0 heterocycles. The minimum absolute atomic E-state index is 0.0100. The van der Waals surface area contributed by atoms with Crippen LogP contribution in [0.1, 0.15) is 73.6 Å². The highest BCUT2D eigenvalue weighted by Gasteiger charge is 2.83. The van der Waals surface area contributed by atoms with Gasteiger partial charge in [-0.3, -0.25) is 14.4 Å². The number of fused-ring (bicyclic) bond motifs is 2. The average molecular weight is 543 g/mol. The molecule has 5 rings (SSSR count). The predicted octanol–water partition coefficient (Wildman–Crippen LogP) is 3.64. The lowest BCUT2D eigenvalue weighted by Crippen LogP contribution is -2.58. The summed E-state index contributed by atoms with van der Waals surface area (Å²) in [5, 5.41) is 32.0. The molecule has 0 radical (unpaired) electrons. The number of carbonyl (C=O) groups excluding carboxylic acids is 3. The van der Waals surface area contributed by atoms with Crippen LogP contribution in [-0.2, 0) is 19.1 Å². The molecule has 39 heavy (non-hydrogen) atoms. The molecule has 7 nitrogen and oxygen atoms in total. The van der Waals surface area contributed by atoms with E-state index in [0.717, 1.165) is 19.3 Å². The van der Waals surface area contributed by atoms with Crippen LogP contribution in [0.15, 0.2) is 24.3 Å². The monoisotopic (exact) mass is 542 g/mol. The number of Topliss-reactive ketones (excluding diaryl/α,β-unsaturated/α-hetero) is 1. The molecule has 5 aliphatic carbocycles. The van der Waals surface area contributed by atoms with Crippen molar-refractivity contribution in [2.24, 2.45) is 57.2 Å². The predicted molar refractivity (Wildman–Crippen MR) is 145 cm³/mol. The second-order valence-electron chi connectivity index (χ2n) is 14.2. The van der Waals surface area contributed by atoms with Crippen molar-refractivity contribution in [2.45, 2.75) is 92.0 Å². The van der Waals surface area contributed by atoms with Crippen LogP contribution in [-0.4, -0.2) is 57.8 Å². The molecule has 0 aromatic carbocycles. The third kappa shape index (κ3) is 3.61. The van der Waals surface area contributed by atoms with Gasteiger partial charge in [0.05, 0.1) is 6.10 Å². The van der Waals surface area contributed by atoms with Crippen LogP contribution in [0.2, 0.25) is 0 Å². The maximum absolute atomic E-state index is 13.7. The molecule has 0 bridgehead atoms. The van der Waals surface area contributed by atoms with Crippen LogP contribution in [0, 0.1) is 57.2 Å². The van der Waals surface area contributed by atoms with E-state index in [1.165, 1.54) is 6.92 Å². The summed E-state index contributed by atoms with van der Waals surface area (Å²) in [7, 11) is 0. The Bertz CT molecular complexity index is 1130. The second-order valence-corrected chi connectivity index (χ2v) is 14.2. The Morgan fingerprint density at radius 3 is 2.49 bits per heavy atom. The van der Waals surface area contributed by atoms with E-state index in [0.29, 0.717) is 18.4 Å². The standard InChI is InChI=1S/C32H46O7/c1-16(14-33)17(2)27(37)28(38)19(4)26-23(39-20(5)34)13-30(7)24-12-22(36)25-18(3)21(35)8-9-32(25)15-31(24,32)11-10-29(26,30)6/h8-9,16,18-19,22-27,33,36-37H,2,10-15H2,1,3-7H3/t16-,18+,19-,22+,23-,24-,25+,26-,27?,29+,30-,31-,32+/m0/s1. The molecule has 1 unspecified atom stereocenters. The van der Waals surface area contributed by atoms with E-state index in [-0.39, 0.29) is 63.5 Å². The van der Waals surface area contributed by atoms with Crippen molar-refractivity contribution in [1.29, 1.82) is 0 Å². The van der Waals surface area contributed by atoms with E-state index in [1.54, 1.807) is 13.0 Å². The lowest BCUT2D eigenvalue weighted by molar-refractivity contribution is -0.161. The summed E-state index contributed by atoms with van der Waals surface area (Å²) < 4.78 is 5.96. The number of esters is 1. The molecule has 2 spiro atoms. The first kappa shape index (κ1) is 28.7. The fourth-order valence-electron chi connectivity index (χ4n) is 10.6. The number of aliphatic hydroxyl groups excluding tert-OH is 3. The highest BCUT2D eigenvalue weighted by Crippen LogP contribution is 2.87. The molecule has 0 aliphatic heterocycles. The van der Waals surface area contributed by atoms with Crippen molar-refractivity contribution in [3.05, 3.63) is 24.3 Å². The smallest absolute Gasteiger partial charge is 0.302 e. The number of ether oxygens (including phenoxy) is 1. The van der Waals surface area contributed by atoms with Crippen LogP contribution in [0.25, 0.3) is 0 Å². The molecule has 13 atom stereocenters. The zero-order valence-corrected chi connectivity index (χ0v) is 24.3. The SMILES string of the molecule is C=C(C(O)C(=O)[C@@H](C)[C@H]1[C@@H](OC(C)=O)C[C@@]2(C)[C@@H]3C[C@@H](O)[C@H]4[C@H](C)C(=O)C=C[C@@]45C[C@@]35CC[C@]12C)[C@@H](C)CO. The number of carbonyl (C=O) groups is 3. The van der Waals surface area contributed by atoms with Crippen molar-refractivity contribution in [2.75, 3.05) is 6.61 Å². The minimum Gasteiger partial charge on any atom is -0.462 e. The van der Waals surface area contributed by atoms with Gasteiger partial charge < -0.3 is 20.1 Å². The molecule has 216 valence electrons. The van der Waals surface area contributed by atoms with Gasteiger partial charge in [-0.25, -0.2) is 0 Å². The number of aliphatic hydroxyl groups is 3. The van der Waals surface area contributed by atoms with Gasteiger partial charge in [0.25, 0.3) is 0 Å². The highest BCUT2D eigenvalue weighted by molar-refractivity contribution is 5.93. The van der Waals surface area contributed by atoms with Crippen molar-refractivity contribution < 1.29 is 34.4 Å². The van der Waals surface area contributed by atoms with Crippen LogP contribution >= 0.6 is 0 Å². The largest absolute Gasteiger partial charge is 0.462 e. The molecule has 7 heteroatoms. The molecule has 0 amide bonds. The van der Waals surface area contributed by atoms with Crippen molar-refractivity contribution in [1.82, 2.24) is 0 Å². The van der Waals surface area contributed by atoms with Gasteiger partial charge in [-0.15, -0.1) is 0 Å². The fraction of sp³-hybridized carbons (Fsp3) is 0.781. The van der Waals surface area contributed by atoms with Gasteiger partial charge in [0, 0.05) is 48.5 Å². The Hall–Kier alpha value is -1.83. The quantitative estimate of drug-likeness (QED) is 0.332. The maximum atomic E-state index is 13.7. The summed E-state index contributed by atoms with van der Waals surface area (Å²) in [6, 6.07) is 0. The van der Waals surface area contributed by atoms with E-state index in [9.17, 15) is 29.7 Å². The summed E-state index contributed by atoms with van der Waals surface area (Å²) in [6.07, 6.45) is 5.27. The normalized spacial score (nSPS) is 48.1. The number of hydrogen-bond donors (Lipinski definition) is 3. The van der Waals surface area contributed by atoms with Crippen LogP contribution in [0.5, 0.6) is 0 Å². The van der Waals surface area contributed by atoms with Gasteiger partial charge in [-0.05, 0) is 65.9 Å². The first-order valence-corrected chi connectivity index (χ1v) is 14.7. The van der Waals surface area contributed by atoms with Gasteiger partial charge in [-0.1, -0.05) is 47.3 Å². The molecular formula is C32H46O7. The zero-order valence-electron chi connectivity index (χ0n) is 24.3. The van der Waals surface area contributed by atoms with Gasteiger partial charge in [0.15, 0.2) is 11.6 Å². The number of rotatable bonds is 7. The lowest BCUT2D eigenvalue weighted by Gasteiger charge is -2.61. The first-order chi connectivity index (χ1) is 18.1. The van der Waals surface area contributed by atoms with E-state index in [2.05, 4.69) is 26.5 Å². The Morgan fingerprint density at radius 1 is 1.21 bits per heavy atom. The topological polar surface area (TPSA) is 121 Å². The first-order valence-electron chi connectivity index (χ1n) is 14.7. The van der Waals surface area contributed by atoms with Crippen LogP contribution in [0.4, 0.5) is 0 Å². The summed E-state index contributed by atoms with van der Waals surface area (Å²) in [5.74, 6) is -2.11. The maximum Gasteiger partial charge on any atom is 0.302 e. The van der Waals surface area contributed by atoms with Crippen molar-refractivity contribution in [3.63, 3.8) is 0 Å². The van der Waals surface area contributed by atoms with Crippen LogP contribution in [0.3, 0.4) is 0 Å². The molecule has 4 fully saturated rings. The molecule has 5 aliphatic rings. The molecule has 0 saturated heterocycles. The van der Waals surface area contributed by atoms with Gasteiger partial charge in [-0.2, -0.15) is 0 Å². The van der Waals surface area contributed by atoms with Crippen molar-refractivity contribution >= 4 is 17.5 Å². The van der Waals surface area contributed by atoms with E-state index >= 15 is 0 Å². The average Bonchev–Trinajstić information content (AvgIpc) is 3.47. The van der Waals surface area contributed by atoms with E-state index < -0.39 is 36.1 Å². The third-order valence-corrected chi connectivity index (χ3v) is 12.9. The fourth-order valence-corrected chi connectivity index (χ4v) is 10.6. The molecule has 0 aromatic rings.